The number of morpholine rings is 1. The number of aromatic nitrogens is 1. The zero-order valence-electron chi connectivity index (χ0n) is 17.9. The topological polar surface area (TPSA) is 88.6 Å². The van der Waals surface area contributed by atoms with Crippen LogP contribution in [-0.4, -0.2) is 55.5 Å². The standard InChI is InChI=1S/C21H28ClN3O4S2/c1-14-13-30-20(24-14)6-4-5-9-23-21(26)17-7-8-18(22)19(10-17)31(27,28)25-11-15(2)29-16(3)12-25/h7-8,10,13,15-16H,4-6,9,11-12H2,1-3H3,(H,23,26). The number of carbonyl (C=O) groups is 1. The van der Waals surface area contributed by atoms with Crippen LogP contribution in [0.2, 0.25) is 5.02 Å². The van der Waals surface area contributed by atoms with E-state index in [2.05, 4.69) is 10.3 Å². The van der Waals surface area contributed by atoms with E-state index in [0.29, 0.717) is 6.54 Å². The minimum absolute atomic E-state index is 0.0535. The molecule has 1 N–H and O–H groups in total. The van der Waals surface area contributed by atoms with Crippen molar-refractivity contribution in [2.45, 2.75) is 57.1 Å². The third-order valence-corrected chi connectivity index (χ3v) is 8.31. The lowest BCUT2D eigenvalue weighted by molar-refractivity contribution is -0.0440. The molecule has 1 aliphatic rings. The molecule has 1 fully saturated rings. The fourth-order valence-electron chi connectivity index (χ4n) is 3.53. The Kier molecular flexibility index (Phi) is 8.09. The van der Waals surface area contributed by atoms with Crippen molar-refractivity contribution >= 4 is 38.9 Å². The van der Waals surface area contributed by atoms with Crippen LogP contribution in [0, 0.1) is 6.92 Å². The number of nitrogens with one attached hydrogen (secondary N) is 1. The second kappa shape index (κ2) is 10.4. The molecule has 1 aliphatic heterocycles. The molecule has 1 aromatic heterocycles. The first-order valence-electron chi connectivity index (χ1n) is 10.3. The van der Waals surface area contributed by atoms with Crippen LogP contribution in [0.15, 0.2) is 28.5 Å². The SMILES string of the molecule is Cc1csc(CCCCNC(=O)c2ccc(Cl)c(S(=O)(=O)N3CC(C)OC(C)C3)c2)n1. The Labute approximate surface area is 192 Å². The highest BCUT2D eigenvalue weighted by atomic mass is 35.5. The highest BCUT2D eigenvalue weighted by Gasteiger charge is 2.33. The molecule has 1 aromatic carbocycles. The molecule has 2 atom stereocenters. The molecule has 2 aromatic rings. The molecule has 0 radical (unpaired) electrons. The lowest BCUT2D eigenvalue weighted by Gasteiger charge is -2.34. The Morgan fingerprint density at radius 1 is 1.29 bits per heavy atom. The lowest BCUT2D eigenvalue weighted by Crippen LogP contribution is -2.48. The van der Waals surface area contributed by atoms with E-state index in [1.807, 2.05) is 26.2 Å². The summed E-state index contributed by atoms with van der Waals surface area (Å²) in [5.41, 5.74) is 1.30. The van der Waals surface area contributed by atoms with Crippen molar-refractivity contribution in [3.8, 4) is 0 Å². The number of ether oxygens (including phenoxy) is 1. The minimum Gasteiger partial charge on any atom is -0.373 e. The van der Waals surface area contributed by atoms with E-state index in [4.69, 9.17) is 16.3 Å². The third kappa shape index (κ3) is 6.26. The normalized spacial score (nSPS) is 20.0. The Morgan fingerprint density at radius 2 is 2.00 bits per heavy atom. The summed E-state index contributed by atoms with van der Waals surface area (Å²) in [6, 6.07) is 4.36. The van der Waals surface area contributed by atoms with Gasteiger partial charge in [0.2, 0.25) is 10.0 Å². The molecule has 10 heteroatoms. The van der Waals surface area contributed by atoms with Gasteiger partial charge in [0.1, 0.15) is 4.90 Å². The van der Waals surface area contributed by atoms with Crippen LogP contribution in [-0.2, 0) is 21.2 Å². The summed E-state index contributed by atoms with van der Waals surface area (Å²) >= 11 is 7.86. The highest BCUT2D eigenvalue weighted by molar-refractivity contribution is 7.89. The number of nitrogens with zero attached hydrogens (tertiary/aromatic N) is 2. The summed E-state index contributed by atoms with van der Waals surface area (Å²) < 4.78 is 33.3. The van der Waals surface area contributed by atoms with Gasteiger partial charge in [-0.2, -0.15) is 4.31 Å². The number of hydrogen-bond donors (Lipinski definition) is 1. The number of amides is 1. The van der Waals surface area contributed by atoms with Gasteiger partial charge >= 0.3 is 0 Å². The molecular formula is C21H28ClN3O4S2. The molecule has 2 unspecified atom stereocenters. The lowest BCUT2D eigenvalue weighted by atomic mass is 10.2. The van der Waals surface area contributed by atoms with Gasteiger partial charge in [-0.25, -0.2) is 13.4 Å². The molecule has 1 amide bonds. The minimum atomic E-state index is -3.84. The fourth-order valence-corrected chi connectivity index (χ4v) is 6.44. The summed E-state index contributed by atoms with van der Waals surface area (Å²) in [6.45, 7) is 6.64. The van der Waals surface area contributed by atoms with E-state index in [-0.39, 0.29) is 46.7 Å². The largest absolute Gasteiger partial charge is 0.373 e. The molecule has 1 saturated heterocycles. The van der Waals surface area contributed by atoms with Gasteiger partial charge in [-0.3, -0.25) is 4.79 Å². The summed E-state index contributed by atoms with van der Waals surface area (Å²) in [5.74, 6) is -0.318. The number of thiazole rings is 1. The van der Waals surface area contributed by atoms with Crippen LogP contribution < -0.4 is 5.32 Å². The van der Waals surface area contributed by atoms with Crippen molar-refractivity contribution in [3.05, 3.63) is 44.9 Å². The Hall–Kier alpha value is -1.52. The average Bonchev–Trinajstić information content (AvgIpc) is 3.12. The maximum atomic E-state index is 13.2. The van der Waals surface area contributed by atoms with Gasteiger partial charge in [0.15, 0.2) is 0 Å². The number of unbranched alkanes of at least 4 members (excludes halogenated alkanes) is 1. The first-order valence-corrected chi connectivity index (χ1v) is 13.0. The van der Waals surface area contributed by atoms with Crippen molar-refractivity contribution in [2.24, 2.45) is 0 Å². The predicted octanol–water partition coefficient (Wildman–Crippen LogP) is 3.66. The number of benzene rings is 1. The van der Waals surface area contributed by atoms with Crippen molar-refractivity contribution < 1.29 is 17.9 Å². The van der Waals surface area contributed by atoms with Gasteiger partial charge in [0.05, 0.1) is 22.2 Å². The van der Waals surface area contributed by atoms with Gasteiger partial charge in [0.25, 0.3) is 5.91 Å². The van der Waals surface area contributed by atoms with E-state index in [0.717, 1.165) is 30.0 Å². The number of aryl methyl sites for hydroxylation is 2. The van der Waals surface area contributed by atoms with Crippen LogP contribution in [0.1, 0.15) is 47.7 Å². The van der Waals surface area contributed by atoms with E-state index < -0.39 is 10.0 Å². The molecule has 2 heterocycles. The zero-order valence-corrected chi connectivity index (χ0v) is 20.3. The molecule has 170 valence electrons. The van der Waals surface area contributed by atoms with Crippen LogP contribution in [0.5, 0.6) is 0 Å². The maximum Gasteiger partial charge on any atom is 0.251 e. The smallest absolute Gasteiger partial charge is 0.251 e. The molecule has 7 nitrogen and oxygen atoms in total. The Balaban J connectivity index is 1.61. The van der Waals surface area contributed by atoms with Gasteiger partial charge in [-0.1, -0.05) is 11.6 Å². The monoisotopic (exact) mass is 485 g/mol. The second-order valence-electron chi connectivity index (χ2n) is 7.82. The van der Waals surface area contributed by atoms with Gasteiger partial charge in [-0.05, 0) is 58.2 Å². The second-order valence-corrected chi connectivity index (χ2v) is 11.1. The summed E-state index contributed by atoms with van der Waals surface area (Å²) in [5, 5.41) is 6.08. The molecular weight excluding hydrogens is 458 g/mol. The van der Waals surface area contributed by atoms with Gasteiger partial charge in [0, 0.05) is 36.3 Å². The van der Waals surface area contributed by atoms with Crippen LogP contribution in [0.3, 0.4) is 0 Å². The fraction of sp³-hybridized carbons (Fsp3) is 0.524. The van der Waals surface area contributed by atoms with Crippen LogP contribution in [0.4, 0.5) is 0 Å². The average molecular weight is 486 g/mol. The zero-order chi connectivity index (χ0) is 22.6. The van der Waals surface area contributed by atoms with Gasteiger partial charge < -0.3 is 10.1 Å². The van der Waals surface area contributed by atoms with E-state index in [9.17, 15) is 13.2 Å². The number of sulfonamides is 1. The molecule has 0 bridgehead atoms. The summed E-state index contributed by atoms with van der Waals surface area (Å²) in [7, 11) is -3.84. The number of carbonyl (C=O) groups excluding carboxylic acids is 1. The first kappa shape index (κ1) is 24.1. The number of halogens is 1. The van der Waals surface area contributed by atoms with Crippen LogP contribution >= 0.6 is 22.9 Å². The van der Waals surface area contributed by atoms with Crippen molar-refractivity contribution in [1.82, 2.24) is 14.6 Å². The molecule has 0 spiro atoms. The van der Waals surface area contributed by atoms with E-state index in [1.54, 1.807) is 17.4 Å². The highest BCUT2D eigenvalue weighted by Crippen LogP contribution is 2.28. The predicted molar refractivity (Wildman–Crippen MR) is 122 cm³/mol. The Morgan fingerprint density at radius 3 is 2.65 bits per heavy atom. The van der Waals surface area contributed by atoms with E-state index in [1.165, 1.54) is 16.4 Å². The van der Waals surface area contributed by atoms with Crippen molar-refractivity contribution in [3.63, 3.8) is 0 Å². The molecule has 31 heavy (non-hydrogen) atoms. The van der Waals surface area contributed by atoms with Crippen LogP contribution in [0.25, 0.3) is 0 Å². The number of hydrogen-bond acceptors (Lipinski definition) is 6. The molecule has 3 rings (SSSR count). The summed E-state index contributed by atoms with van der Waals surface area (Å²) in [6.07, 6.45) is 2.19. The third-order valence-electron chi connectivity index (χ3n) is 4.97. The maximum absolute atomic E-state index is 13.2. The molecule has 0 aliphatic carbocycles. The van der Waals surface area contributed by atoms with Crippen molar-refractivity contribution in [2.75, 3.05) is 19.6 Å². The first-order chi connectivity index (χ1) is 14.7. The van der Waals surface area contributed by atoms with E-state index >= 15 is 0 Å². The molecule has 0 saturated carbocycles. The summed E-state index contributed by atoms with van der Waals surface area (Å²) in [4.78, 5) is 16.9. The number of rotatable bonds is 8. The van der Waals surface area contributed by atoms with Gasteiger partial charge in [-0.15, -0.1) is 11.3 Å². The Bertz CT molecular complexity index is 1020. The van der Waals surface area contributed by atoms with Crippen molar-refractivity contribution in [1.29, 1.82) is 0 Å². The quantitative estimate of drug-likeness (QED) is 0.576.